The summed E-state index contributed by atoms with van der Waals surface area (Å²) in [7, 11) is 3.19. The van der Waals surface area contributed by atoms with Crippen molar-refractivity contribution in [3.63, 3.8) is 0 Å². The van der Waals surface area contributed by atoms with E-state index in [9.17, 15) is 9.59 Å². The lowest BCUT2D eigenvalue weighted by Gasteiger charge is -2.45. The third kappa shape index (κ3) is 3.37. The fraction of sp³-hybridized carbons (Fsp3) is 0.812. The van der Waals surface area contributed by atoms with Gasteiger partial charge in [0.1, 0.15) is 0 Å². The maximum absolute atomic E-state index is 14.0. The zero-order chi connectivity index (χ0) is 24.9. The van der Waals surface area contributed by atoms with Crippen LogP contribution in [0.25, 0.3) is 0 Å². The molecular weight excluding hydrogens is 448 g/mol. The molecule has 198 valence electrons. The van der Waals surface area contributed by atoms with E-state index < -0.39 is 10.8 Å². The van der Waals surface area contributed by atoms with E-state index in [0.29, 0.717) is 47.3 Å². The molecule has 0 heterocycles. The van der Waals surface area contributed by atoms with Crippen LogP contribution in [0, 0.1) is 58.2 Å². The Morgan fingerprint density at radius 2 is 0.972 bits per heavy atom. The van der Waals surface area contributed by atoms with Gasteiger partial charge in [0.15, 0.2) is 0 Å². The van der Waals surface area contributed by atoms with Gasteiger partial charge < -0.3 is 9.47 Å². The van der Waals surface area contributed by atoms with Crippen LogP contribution < -0.4 is 0 Å². The fourth-order valence-corrected chi connectivity index (χ4v) is 11.3. The van der Waals surface area contributed by atoms with Crippen LogP contribution in [0.1, 0.15) is 89.9 Å². The Morgan fingerprint density at radius 1 is 0.583 bits per heavy atom. The van der Waals surface area contributed by atoms with Gasteiger partial charge in [0, 0.05) is 0 Å². The minimum atomic E-state index is -0.455. The van der Waals surface area contributed by atoms with Crippen LogP contribution in [0.4, 0.5) is 0 Å². The predicted octanol–water partition coefficient (Wildman–Crippen LogP) is 6.89. The van der Waals surface area contributed by atoms with E-state index in [1.807, 2.05) is 0 Å². The SMILES string of the molecule is COC(=O)C1(CCC2(C(=O)OC)C3CCCCC3C3CC=CC[C@H]32)C2CCCCC2C2CC=CC[C@H]21. The molecule has 8 unspecified atom stereocenters. The molecule has 4 saturated carbocycles. The molecule has 0 saturated heterocycles. The Balaban J connectivity index is 1.42. The molecule has 0 radical (unpaired) electrons. The van der Waals surface area contributed by atoms with Crippen molar-refractivity contribution in [2.45, 2.75) is 89.9 Å². The van der Waals surface area contributed by atoms with Crippen LogP contribution in [-0.4, -0.2) is 26.2 Å². The van der Waals surface area contributed by atoms with Gasteiger partial charge in [-0.25, -0.2) is 0 Å². The van der Waals surface area contributed by atoms with Gasteiger partial charge in [0.25, 0.3) is 0 Å². The molecule has 0 aromatic carbocycles. The van der Waals surface area contributed by atoms with Gasteiger partial charge in [0.05, 0.1) is 25.0 Å². The molecule has 0 amide bonds. The highest BCUT2D eigenvalue weighted by Gasteiger charge is 2.68. The normalized spacial score (nSPS) is 46.8. The molecule has 0 N–H and O–H groups in total. The number of rotatable bonds is 5. The van der Waals surface area contributed by atoms with Gasteiger partial charge in [-0.1, -0.05) is 50.0 Å². The zero-order valence-corrected chi connectivity index (χ0v) is 22.5. The van der Waals surface area contributed by atoms with Gasteiger partial charge in [-0.3, -0.25) is 9.59 Å². The van der Waals surface area contributed by atoms with E-state index in [1.165, 1.54) is 38.5 Å². The number of fused-ring (bicyclic) bond motifs is 6. The summed E-state index contributed by atoms with van der Waals surface area (Å²) in [6.07, 6.45) is 24.9. The van der Waals surface area contributed by atoms with E-state index in [-0.39, 0.29) is 11.9 Å². The highest BCUT2D eigenvalue weighted by molar-refractivity contribution is 5.80. The second-order valence-electron chi connectivity index (χ2n) is 13.1. The Hall–Kier alpha value is -1.58. The Morgan fingerprint density at radius 3 is 1.39 bits per heavy atom. The molecule has 0 aromatic rings. The molecule has 0 aromatic heterocycles. The summed E-state index contributed by atoms with van der Waals surface area (Å²) in [6, 6.07) is 0. The van der Waals surface area contributed by atoms with Gasteiger partial charge >= 0.3 is 11.9 Å². The maximum atomic E-state index is 14.0. The molecule has 6 aliphatic rings. The summed E-state index contributed by atoms with van der Waals surface area (Å²) in [5.74, 6) is 3.95. The van der Waals surface area contributed by atoms with Gasteiger partial charge in [-0.15, -0.1) is 0 Å². The summed E-state index contributed by atoms with van der Waals surface area (Å²) >= 11 is 0. The monoisotopic (exact) mass is 494 g/mol. The number of esters is 2. The molecule has 36 heavy (non-hydrogen) atoms. The number of hydrogen-bond acceptors (Lipinski definition) is 4. The largest absolute Gasteiger partial charge is 0.469 e. The molecule has 10 atom stereocenters. The van der Waals surface area contributed by atoms with E-state index in [4.69, 9.17) is 9.47 Å². The smallest absolute Gasteiger partial charge is 0.312 e. The quantitative estimate of drug-likeness (QED) is 0.308. The number of carbonyl (C=O) groups is 2. The van der Waals surface area contributed by atoms with Gasteiger partial charge in [0.2, 0.25) is 0 Å². The van der Waals surface area contributed by atoms with Crippen LogP contribution in [0.5, 0.6) is 0 Å². The van der Waals surface area contributed by atoms with Crippen LogP contribution in [0.15, 0.2) is 24.3 Å². The second-order valence-corrected chi connectivity index (χ2v) is 13.1. The third-order valence-corrected chi connectivity index (χ3v) is 12.4. The van der Waals surface area contributed by atoms with Gasteiger partial charge in [-0.2, -0.15) is 0 Å². The maximum Gasteiger partial charge on any atom is 0.312 e. The lowest BCUT2D eigenvalue weighted by Crippen LogP contribution is -2.48. The first-order valence-electron chi connectivity index (χ1n) is 15.1. The number of allylic oxidation sites excluding steroid dienone is 4. The minimum Gasteiger partial charge on any atom is -0.469 e. The molecule has 0 spiro atoms. The Kier molecular flexibility index (Phi) is 6.61. The van der Waals surface area contributed by atoms with E-state index >= 15 is 0 Å². The molecule has 4 nitrogen and oxygen atoms in total. The average Bonchev–Trinajstić information content (AvgIpc) is 3.40. The van der Waals surface area contributed by atoms with Crippen molar-refractivity contribution < 1.29 is 19.1 Å². The Bertz CT molecular complexity index is 847. The summed E-state index contributed by atoms with van der Waals surface area (Å²) in [4.78, 5) is 28.0. The highest BCUT2D eigenvalue weighted by Crippen LogP contribution is 2.69. The lowest BCUT2D eigenvalue weighted by atomic mass is 9.57. The lowest BCUT2D eigenvalue weighted by molar-refractivity contribution is -0.168. The molecule has 4 fully saturated rings. The molecular formula is C32H46O4. The van der Waals surface area contributed by atoms with Gasteiger partial charge in [-0.05, 0) is 112 Å². The van der Waals surface area contributed by atoms with Crippen molar-refractivity contribution in [3.8, 4) is 0 Å². The first kappa shape index (κ1) is 24.7. The number of hydrogen-bond donors (Lipinski definition) is 0. The van der Waals surface area contributed by atoms with E-state index in [0.717, 1.165) is 51.4 Å². The van der Waals surface area contributed by atoms with Crippen molar-refractivity contribution in [2.24, 2.45) is 58.2 Å². The minimum absolute atomic E-state index is 0.0143. The second kappa shape index (κ2) is 9.62. The Labute approximate surface area is 217 Å². The van der Waals surface area contributed by atoms with Crippen molar-refractivity contribution in [3.05, 3.63) is 24.3 Å². The highest BCUT2D eigenvalue weighted by atomic mass is 16.5. The van der Waals surface area contributed by atoms with Crippen molar-refractivity contribution in [2.75, 3.05) is 14.2 Å². The topological polar surface area (TPSA) is 52.6 Å². The predicted molar refractivity (Wildman–Crippen MR) is 140 cm³/mol. The standard InChI is InChI=1S/C32H46O4/c1-35-29(33)31(25-15-7-3-11-21(25)22-12-4-8-16-26(22)31)19-20-32(30(34)36-2)27-17-9-5-13-23(27)24-14-6-10-18-28(24)32/h3,5,7,9,21-28H,4,6,8,10-20H2,1-2H3/t21?,22?,23?,24?,25-,26?,27-,28?,31?,32?/m1/s1. The van der Waals surface area contributed by atoms with Crippen LogP contribution in [0.3, 0.4) is 0 Å². The van der Waals surface area contributed by atoms with Crippen LogP contribution in [0.2, 0.25) is 0 Å². The first-order valence-corrected chi connectivity index (χ1v) is 15.1. The van der Waals surface area contributed by atoms with E-state index in [1.54, 1.807) is 14.2 Å². The summed E-state index contributed by atoms with van der Waals surface area (Å²) < 4.78 is 11.4. The van der Waals surface area contributed by atoms with Crippen LogP contribution >= 0.6 is 0 Å². The van der Waals surface area contributed by atoms with Crippen molar-refractivity contribution >= 4 is 11.9 Å². The third-order valence-electron chi connectivity index (χ3n) is 12.4. The molecule has 0 aliphatic heterocycles. The molecule has 4 heteroatoms. The molecule has 6 aliphatic carbocycles. The molecule has 6 rings (SSSR count). The summed E-state index contributed by atoms with van der Waals surface area (Å²) in [6.45, 7) is 0. The van der Waals surface area contributed by atoms with Crippen LogP contribution in [-0.2, 0) is 19.1 Å². The first-order chi connectivity index (χ1) is 17.6. The number of carbonyl (C=O) groups excluding carboxylic acids is 2. The summed E-state index contributed by atoms with van der Waals surface area (Å²) in [5.41, 5.74) is -0.911. The molecule has 0 bridgehead atoms. The van der Waals surface area contributed by atoms with E-state index in [2.05, 4.69) is 24.3 Å². The number of methoxy groups -OCH3 is 2. The summed E-state index contributed by atoms with van der Waals surface area (Å²) in [5, 5.41) is 0. The fourth-order valence-electron chi connectivity index (χ4n) is 11.3. The van der Waals surface area contributed by atoms with Crippen molar-refractivity contribution in [1.29, 1.82) is 0 Å². The average molecular weight is 495 g/mol. The van der Waals surface area contributed by atoms with Crippen molar-refractivity contribution in [1.82, 2.24) is 0 Å². The zero-order valence-electron chi connectivity index (χ0n) is 22.5. The number of ether oxygens (including phenoxy) is 2.